The molecule has 7 heteroatoms. The molecule has 0 unspecified atom stereocenters. The van der Waals surface area contributed by atoms with Gasteiger partial charge < -0.3 is 10.1 Å². The van der Waals surface area contributed by atoms with Crippen molar-refractivity contribution in [1.29, 1.82) is 0 Å². The number of ether oxygens (including phenoxy) is 1. The van der Waals surface area contributed by atoms with Crippen molar-refractivity contribution in [3.63, 3.8) is 0 Å². The Bertz CT molecular complexity index is 1140. The van der Waals surface area contributed by atoms with Gasteiger partial charge in [0.1, 0.15) is 5.75 Å². The molecule has 0 saturated carbocycles. The molecule has 0 heterocycles. The summed E-state index contributed by atoms with van der Waals surface area (Å²) < 4.78 is 33.3. The fourth-order valence-electron chi connectivity index (χ4n) is 3.17. The highest BCUT2D eigenvalue weighted by Gasteiger charge is 2.19. The van der Waals surface area contributed by atoms with Crippen molar-refractivity contribution in [2.75, 3.05) is 11.3 Å². The monoisotopic (exact) mass is 438 g/mol. The number of anilines is 1. The lowest BCUT2D eigenvalue weighted by molar-refractivity contribution is 0.0939. The van der Waals surface area contributed by atoms with Crippen molar-refractivity contribution in [2.24, 2.45) is 0 Å². The van der Waals surface area contributed by atoms with Crippen LogP contribution in [0.25, 0.3) is 0 Å². The normalized spacial score (nSPS) is 12.1. The summed E-state index contributed by atoms with van der Waals surface area (Å²) in [6.45, 7) is 6.13. The van der Waals surface area contributed by atoms with E-state index in [4.69, 9.17) is 4.74 Å². The highest BCUT2D eigenvalue weighted by Crippen LogP contribution is 2.24. The molecule has 0 spiro atoms. The number of hydrogen-bond donors (Lipinski definition) is 2. The first-order valence-corrected chi connectivity index (χ1v) is 11.5. The summed E-state index contributed by atoms with van der Waals surface area (Å²) in [7, 11) is -3.75. The summed E-state index contributed by atoms with van der Waals surface area (Å²) >= 11 is 0. The minimum atomic E-state index is -3.75. The van der Waals surface area contributed by atoms with Crippen LogP contribution in [0.3, 0.4) is 0 Å². The van der Waals surface area contributed by atoms with Crippen LogP contribution < -0.4 is 14.8 Å². The number of carbonyl (C=O) groups excluding carboxylic acids is 1. The van der Waals surface area contributed by atoms with Crippen LogP contribution in [0.2, 0.25) is 0 Å². The summed E-state index contributed by atoms with van der Waals surface area (Å²) in [6, 6.07) is 20.4. The standard InChI is InChI=1S/C24H26N2O4S/c1-4-30-20-15-13-19(14-16-20)18(3)25-24(27)22-11-8-12-23(17(22)2)26-31(28,29)21-9-6-5-7-10-21/h5-16,18,26H,4H2,1-3H3,(H,25,27)/t18-/m1/s1. The first-order chi connectivity index (χ1) is 14.8. The molecule has 0 aliphatic heterocycles. The van der Waals surface area contributed by atoms with E-state index in [9.17, 15) is 13.2 Å². The Morgan fingerprint density at radius 1 is 0.968 bits per heavy atom. The van der Waals surface area contributed by atoms with Gasteiger partial charge in [0.25, 0.3) is 15.9 Å². The third kappa shape index (κ3) is 5.44. The van der Waals surface area contributed by atoms with Gasteiger partial charge >= 0.3 is 0 Å². The van der Waals surface area contributed by atoms with Gasteiger partial charge in [0.15, 0.2) is 0 Å². The van der Waals surface area contributed by atoms with Gasteiger partial charge in [-0.2, -0.15) is 0 Å². The van der Waals surface area contributed by atoms with Crippen LogP contribution in [-0.4, -0.2) is 20.9 Å². The third-order valence-electron chi connectivity index (χ3n) is 4.91. The summed E-state index contributed by atoms with van der Waals surface area (Å²) in [4.78, 5) is 13.1. The average Bonchev–Trinajstić information content (AvgIpc) is 2.76. The summed E-state index contributed by atoms with van der Waals surface area (Å²) in [5.74, 6) is 0.499. The van der Waals surface area contributed by atoms with Crippen molar-refractivity contribution >= 4 is 21.6 Å². The lowest BCUT2D eigenvalue weighted by atomic mass is 10.0. The summed E-state index contributed by atoms with van der Waals surface area (Å²) in [5.41, 5.74) is 2.27. The van der Waals surface area contributed by atoms with Gasteiger partial charge in [-0.15, -0.1) is 0 Å². The molecule has 0 aliphatic rings. The highest BCUT2D eigenvalue weighted by atomic mass is 32.2. The number of rotatable bonds is 8. The van der Waals surface area contributed by atoms with E-state index in [1.807, 2.05) is 38.1 Å². The number of sulfonamides is 1. The maximum Gasteiger partial charge on any atom is 0.261 e. The van der Waals surface area contributed by atoms with E-state index in [1.54, 1.807) is 43.3 Å². The van der Waals surface area contributed by atoms with E-state index in [2.05, 4.69) is 10.0 Å². The van der Waals surface area contributed by atoms with Crippen LogP contribution in [0.4, 0.5) is 5.69 Å². The van der Waals surface area contributed by atoms with E-state index in [-0.39, 0.29) is 16.8 Å². The quantitative estimate of drug-likeness (QED) is 0.535. The number of hydrogen-bond acceptors (Lipinski definition) is 4. The lowest BCUT2D eigenvalue weighted by Gasteiger charge is -2.17. The molecule has 3 aromatic carbocycles. The van der Waals surface area contributed by atoms with E-state index >= 15 is 0 Å². The number of carbonyl (C=O) groups is 1. The number of benzene rings is 3. The first-order valence-electron chi connectivity index (χ1n) is 10.0. The molecule has 0 aromatic heterocycles. The fourth-order valence-corrected chi connectivity index (χ4v) is 4.32. The van der Waals surface area contributed by atoms with Gasteiger partial charge in [0, 0.05) is 5.56 Å². The van der Waals surface area contributed by atoms with Crippen molar-refractivity contribution in [2.45, 2.75) is 31.7 Å². The molecule has 3 aromatic rings. The predicted octanol–water partition coefficient (Wildman–Crippen LogP) is 4.69. The van der Waals surface area contributed by atoms with Gasteiger partial charge in [0.05, 0.1) is 23.2 Å². The van der Waals surface area contributed by atoms with E-state index in [0.29, 0.717) is 23.4 Å². The SMILES string of the molecule is CCOc1ccc([C@@H](C)NC(=O)c2cccc(NS(=O)(=O)c3ccccc3)c2C)cc1. The fraction of sp³-hybridized carbons (Fsp3) is 0.208. The first kappa shape index (κ1) is 22.4. The molecule has 0 radical (unpaired) electrons. The van der Waals surface area contributed by atoms with Gasteiger partial charge in [-0.05, 0) is 68.3 Å². The van der Waals surface area contributed by atoms with Crippen LogP contribution in [-0.2, 0) is 10.0 Å². The zero-order valence-corrected chi connectivity index (χ0v) is 18.6. The Kier molecular flexibility index (Phi) is 6.97. The number of nitrogens with one attached hydrogen (secondary N) is 2. The summed E-state index contributed by atoms with van der Waals surface area (Å²) in [6.07, 6.45) is 0. The smallest absolute Gasteiger partial charge is 0.261 e. The second kappa shape index (κ2) is 9.66. The molecule has 162 valence electrons. The van der Waals surface area contributed by atoms with Crippen LogP contribution in [0, 0.1) is 6.92 Å². The molecule has 0 bridgehead atoms. The zero-order chi connectivity index (χ0) is 22.4. The molecule has 1 amide bonds. The topological polar surface area (TPSA) is 84.5 Å². The van der Waals surface area contributed by atoms with Gasteiger partial charge in [0.2, 0.25) is 0 Å². The van der Waals surface area contributed by atoms with Gasteiger partial charge in [-0.25, -0.2) is 8.42 Å². The van der Waals surface area contributed by atoms with Crippen molar-refractivity contribution < 1.29 is 17.9 Å². The molecule has 0 fully saturated rings. The molecule has 1 atom stereocenters. The molecule has 0 saturated heterocycles. The molecular weight excluding hydrogens is 412 g/mol. The van der Waals surface area contributed by atoms with Crippen molar-refractivity contribution in [1.82, 2.24) is 5.32 Å². The Hall–Kier alpha value is -3.32. The third-order valence-corrected chi connectivity index (χ3v) is 6.30. The molecule has 6 nitrogen and oxygen atoms in total. The zero-order valence-electron chi connectivity index (χ0n) is 17.8. The van der Waals surface area contributed by atoms with Crippen molar-refractivity contribution in [3.8, 4) is 5.75 Å². The molecule has 3 rings (SSSR count). The predicted molar refractivity (Wildman–Crippen MR) is 122 cm³/mol. The van der Waals surface area contributed by atoms with Crippen LogP contribution in [0.15, 0.2) is 77.7 Å². The van der Waals surface area contributed by atoms with Crippen LogP contribution in [0.1, 0.15) is 41.4 Å². The van der Waals surface area contributed by atoms with Crippen LogP contribution in [0.5, 0.6) is 5.75 Å². The minimum Gasteiger partial charge on any atom is -0.494 e. The second-order valence-corrected chi connectivity index (χ2v) is 8.78. The van der Waals surface area contributed by atoms with Gasteiger partial charge in [-0.1, -0.05) is 36.4 Å². The maximum atomic E-state index is 12.9. The Morgan fingerprint density at radius 2 is 1.65 bits per heavy atom. The van der Waals surface area contributed by atoms with Crippen LogP contribution >= 0.6 is 0 Å². The van der Waals surface area contributed by atoms with E-state index in [1.165, 1.54) is 12.1 Å². The Labute approximate surface area is 183 Å². The highest BCUT2D eigenvalue weighted by molar-refractivity contribution is 7.92. The molecule has 31 heavy (non-hydrogen) atoms. The average molecular weight is 439 g/mol. The van der Waals surface area contributed by atoms with E-state index < -0.39 is 10.0 Å². The second-order valence-electron chi connectivity index (χ2n) is 7.09. The number of amides is 1. The summed E-state index contributed by atoms with van der Waals surface area (Å²) in [5, 5.41) is 2.97. The maximum absolute atomic E-state index is 12.9. The molecule has 0 aliphatic carbocycles. The lowest BCUT2D eigenvalue weighted by Crippen LogP contribution is -2.27. The van der Waals surface area contributed by atoms with Crippen molar-refractivity contribution in [3.05, 3.63) is 89.5 Å². The molecule has 2 N–H and O–H groups in total. The molecular formula is C24H26N2O4S. The Balaban J connectivity index is 1.76. The largest absolute Gasteiger partial charge is 0.494 e. The Morgan fingerprint density at radius 3 is 2.29 bits per heavy atom. The van der Waals surface area contributed by atoms with Gasteiger partial charge in [-0.3, -0.25) is 9.52 Å². The van der Waals surface area contributed by atoms with E-state index in [0.717, 1.165) is 11.3 Å². The minimum absolute atomic E-state index is 0.161.